The molecule has 0 aliphatic carbocycles. The summed E-state index contributed by atoms with van der Waals surface area (Å²) in [5.74, 6) is 0.187. The lowest BCUT2D eigenvalue weighted by atomic mass is 10.0. The number of nitrogens with one attached hydrogen (secondary N) is 1. The summed E-state index contributed by atoms with van der Waals surface area (Å²) in [6.45, 7) is 1.97. The van der Waals surface area contributed by atoms with Gasteiger partial charge in [-0.25, -0.2) is 0 Å². The predicted molar refractivity (Wildman–Crippen MR) is 95.6 cm³/mol. The molecule has 1 N–H and O–H groups in total. The van der Waals surface area contributed by atoms with Crippen LogP contribution in [0.2, 0.25) is 0 Å². The molecule has 7 heteroatoms. The summed E-state index contributed by atoms with van der Waals surface area (Å²) in [5.41, 5.74) is 1.76. The van der Waals surface area contributed by atoms with E-state index in [-0.39, 0.29) is 23.1 Å². The lowest BCUT2D eigenvalue weighted by molar-refractivity contribution is -0.384. The largest absolute Gasteiger partial charge is 0.490 e. The number of fused-ring (bicyclic) bond motifs is 1. The van der Waals surface area contributed by atoms with Crippen LogP contribution in [0.3, 0.4) is 0 Å². The number of nitro benzene ring substituents is 1. The zero-order valence-corrected chi connectivity index (χ0v) is 13.9. The van der Waals surface area contributed by atoms with Gasteiger partial charge in [-0.3, -0.25) is 14.9 Å². The Kier molecular flexibility index (Phi) is 4.67. The van der Waals surface area contributed by atoms with E-state index in [1.807, 2.05) is 25.1 Å². The highest BCUT2D eigenvalue weighted by Gasteiger charge is 2.19. The third kappa shape index (κ3) is 3.70. The summed E-state index contributed by atoms with van der Waals surface area (Å²) >= 11 is 0. The molecule has 0 radical (unpaired) electrons. The van der Waals surface area contributed by atoms with Gasteiger partial charge in [0, 0.05) is 24.2 Å². The van der Waals surface area contributed by atoms with Crippen molar-refractivity contribution < 1.29 is 14.5 Å². The molecule has 3 rings (SSSR count). The minimum Gasteiger partial charge on any atom is -0.490 e. The Balaban J connectivity index is 1.80. The number of ether oxygens (including phenoxy) is 1. The number of carbonyl (C=O) groups excluding carboxylic acids is 1. The van der Waals surface area contributed by atoms with Crippen molar-refractivity contribution in [3.05, 3.63) is 69.3 Å². The highest BCUT2D eigenvalue weighted by Crippen LogP contribution is 2.30. The molecule has 0 saturated heterocycles. The number of hydrogen-bond acceptors (Lipinski definition) is 5. The van der Waals surface area contributed by atoms with Crippen LogP contribution in [0.25, 0.3) is 6.08 Å². The normalized spacial score (nSPS) is 15.5. The number of non-ortho nitro benzene ring substituents is 1. The summed E-state index contributed by atoms with van der Waals surface area (Å²) in [7, 11) is 0. The van der Waals surface area contributed by atoms with Crippen molar-refractivity contribution in [2.75, 3.05) is 5.32 Å². The molecule has 0 unspecified atom stereocenters. The van der Waals surface area contributed by atoms with E-state index in [0.717, 1.165) is 17.7 Å². The van der Waals surface area contributed by atoms with Crippen LogP contribution < -0.4 is 10.1 Å². The van der Waals surface area contributed by atoms with Crippen LogP contribution in [-0.2, 0) is 11.2 Å². The average molecular weight is 349 g/mol. The van der Waals surface area contributed by atoms with E-state index in [1.165, 1.54) is 30.3 Å². The van der Waals surface area contributed by atoms with Crippen molar-refractivity contribution in [1.82, 2.24) is 0 Å². The Morgan fingerprint density at radius 1 is 1.38 bits per heavy atom. The lowest BCUT2D eigenvalue weighted by Crippen LogP contribution is -2.13. The highest BCUT2D eigenvalue weighted by atomic mass is 16.6. The zero-order chi connectivity index (χ0) is 18.7. The number of anilines is 1. The van der Waals surface area contributed by atoms with Crippen LogP contribution in [0.5, 0.6) is 5.75 Å². The first kappa shape index (κ1) is 17.2. The molecule has 2 aromatic rings. The van der Waals surface area contributed by atoms with Crippen molar-refractivity contribution in [2.24, 2.45) is 0 Å². The Morgan fingerprint density at radius 3 is 2.92 bits per heavy atom. The Hall–Kier alpha value is -3.66. The number of amides is 1. The smallest absolute Gasteiger partial charge is 0.271 e. The van der Waals surface area contributed by atoms with E-state index >= 15 is 0 Å². The molecule has 0 spiro atoms. The first-order valence-corrected chi connectivity index (χ1v) is 7.93. The molecular weight excluding hydrogens is 334 g/mol. The molecule has 1 heterocycles. The number of carbonyl (C=O) groups is 1. The lowest BCUT2D eigenvalue weighted by Gasteiger charge is -2.05. The van der Waals surface area contributed by atoms with Gasteiger partial charge >= 0.3 is 0 Å². The van der Waals surface area contributed by atoms with Gasteiger partial charge in [0.2, 0.25) is 0 Å². The molecule has 1 atom stereocenters. The van der Waals surface area contributed by atoms with Crippen molar-refractivity contribution >= 4 is 23.4 Å². The maximum Gasteiger partial charge on any atom is 0.271 e. The van der Waals surface area contributed by atoms with Gasteiger partial charge in [0.25, 0.3) is 11.6 Å². The van der Waals surface area contributed by atoms with Crippen molar-refractivity contribution in [1.29, 1.82) is 5.26 Å². The Bertz CT molecular complexity index is 959. The van der Waals surface area contributed by atoms with Gasteiger partial charge in [-0.15, -0.1) is 0 Å². The Morgan fingerprint density at radius 2 is 2.19 bits per heavy atom. The summed E-state index contributed by atoms with van der Waals surface area (Å²) < 4.78 is 5.63. The van der Waals surface area contributed by atoms with Gasteiger partial charge in [0.15, 0.2) is 0 Å². The highest BCUT2D eigenvalue weighted by molar-refractivity contribution is 6.09. The summed E-state index contributed by atoms with van der Waals surface area (Å²) in [4.78, 5) is 22.6. The second kappa shape index (κ2) is 7.07. The van der Waals surface area contributed by atoms with E-state index in [4.69, 9.17) is 4.74 Å². The molecule has 0 saturated carbocycles. The molecule has 1 aliphatic rings. The summed E-state index contributed by atoms with van der Waals surface area (Å²) in [5, 5.41) is 22.6. The molecule has 1 amide bonds. The van der Waals surface area contributed by atoms with Gasteiger partial charge in [0.1, 0.15) is 23.5 Å². The molecular formula is C19H15N3O4. The second-order valence-electron chi connectivity index (χ2n) is 5.93. The zero-order valence-electron chi connectivity index (χ0n) is 13.9. The van der Waals surface area contributed by atoms with Crippen molar-refractivity contribution in [2.45, 2.75) is 19.4 Å². The van der Waals surface area contributed by atoms with Crippen molar-refractivity contribution in [3.8, 4) is 11.8 Å². The minimum atomic E-state index is -0.627. The first-order valence-electron chi connectivity index (χ1n) is 7.93. The van der Waals surface area contributed by atoms with Gasteiger partial charge in [-0.05, 0) is 42.3 Å². The Labute approximate surface area is 149 Å². The topological polar surface area (TPSA) is 105 Å². The third-order valence-corrected chi connectivity index (χ3v) is 3.91. The quantitative estimate of drug-likeness (QED) is 0.394. The van der Waals surface area contributed by atoms with Crippen LogP contribution in [0.4, 0.5) is 11.4 Å². The van der Waals surface area contributed by atoms with Crippen LogP contribution >= 0.6 is 0 Å². The molecule has 0 bridgehead atoms. The standard InChI is InChI=1S/C19H15N3O4/c1-12-7-14-8-13(5-6-18(14)26-12)9-15(11-20)19(23)21-16-3-2-4-17(10-16)22(24)25/h2-6,8-10,12H,7H2,1H3,(H,21,23)/b15-9-/t12-/m0/s1. The van der Waals surface area contributed by atoms with Crippen LogP contribution in [0.1, 0.15) is 18.1 Å². The number of nitro groups is 1. The van der Waals surface area contributed by atoms with E-state index < -0.39 is 10.8 Å². The third-order valence-electron chi connectivity index (χ3n) is 3.91. The maximum absolute atomic E-state index is 12.3. The van der Waals surface area contributed by atoms with Gasteiger partial charge in [-0.2, -0.15) is 5.26 Å². The predicted octanol–water partition coefficient (Wildman–Crippen LogP) is 3.46. The van der Waals surface area contributed by atoms with Gasteiger partial charge in [-0.1, -0.05) is 12.1 Å². The number of rotatable bonds is 4. The van der Waals surface area contributed by atoms with Gasteiger partial charge in [0.05, 0.1) is 4.92 Å². The van der Waals surface area contributed by atoms with E-state index in [1.54, 1.807) is 6.07 Å². The molecule has 26 heavy (non-hydrogen) atoms. The number of hydrogen-bond donors (Lipinski definition) is 1. The van der Waals surface area contributed by atoms with E-state index in [9.17, 15) is 20.2 Å². The van der Waals surface area contributed by atoms with Crippen LogP contribution in [0.15, 0.2) is 48.0 Å². The number of benzene rings is 2. The number of nitrogens with zero attached hydrogens (tertiary/aromatic N) is 2. The molecule has 2 aromatic carbocycles. The van der Waals surface area contributed by atoms with Crippen LogP contribution in [-0.4, -0.2) is 16.9 Å². The SMILES string of the molecule is C[C@H]1Cc2cc(/C=C(/C#N)C(=O)Nc3cccc([N+](=O)[O-])c3)ccc2O1. The van der Waals surface area contributed by atoms with E-state index in [0.29, 0.717) is 5.56 Å². The van der Waals surface area contributed by atoms with E-state index in [2.05, 4.69) is 5.32 Å². The fraction of sp³-hybridized carbons (Fsp3) is 0.158. The second-order valence-corrected chi connectivity index (χ2v) is 5.93. The molecule has 1 aliphatic heterocycles. The van der Waals surface area contributed by atoms with Gasteiger partial charge < -0.3 is 10.1 Å². The molecule has 0 fully saturated rings. The van der Waals surface area contributed by atoms with Crippen molar-refractivity contribution in [3.63, 3.8) is 0 Å². The molecule has 130 valence electrons. The fourth-order valence-electron chi connectivity index (χ4n) is 2.74. The molecule has 7 nitrogen and oxygen atoms in total. The monoisotopic (exact) mass is 349 g/mol. The molecule has 0 aromatic heterocycles. The minimum absolute atomic E-state index is 0.0941. The number of nitriles is 1. The first-order chi connectivity index (χ1) is 12.5. The maximum atomic E-state index is 12.3. The summed E-state index contributed by atoms with van der Waals surface area (Å²) in [6.07, 6.45) is 2.37. The van der Waals surface area contributed by atoms with Crippen LogP contribution in [0, 0.1) is 21.4 Å². The fourth-order valence-corrected chi connectivity index (χ4v) is 2.74. The average Bonchev–Trinajstić information content (AvgIpc) is 2.99. The summed E-state index contributed by atoms with van der Waals surface area (Å²) in [6, 6.07) is 12.9.